The van der Waals surface area contributed by atoms with Gasteiger partial charge < -0.3 is 9.64 Å². The van der Waals surface area contributed by atoms with Crippen molar-refractivity contribution in [1.82, 2.24) is 4.90 Å². The van der Waals surface area contributed by atoms with Crippen molar-refractivity contribution in [3.63, 3.8) is 0 Å². The van der Waals surface area contributed by atoms with Crippen molar-refractivity contribution >= 4 is 9.24 Å². The van der Waals surface area contributed by atoms with Crippen LogP contribution in [0, 0.1) is 0 Å². The Morgan fingerprint density at radius 2 is 2.36 bits per heavy atom. The zero-order valence-electron chi connectivity index (χ0n) is 7.42. The minimum absolute atomic E-state index is 0.366. The van der Waals surface area contributed by atoms with Crippen LogP contribution in [0.5, 0.6) is 0 Å². The van der Waals surface area contributed by atoms with Gasteiger partial charge in [-0.3, -0.25) is 0 Å². The quantitative estimate of drug-likeness (QED) is 0.557. The summed E-state index contributed by atoms with van der Waals surface area (Å²) in [7, 11) is 4.92. The Labute approximate surface area is 71.5 Å². The second-order valence-electron chi connectivity index (χ2n) is 3.26. The Kier molecular flexibility index (Phi) is 3.77. The average molecular weight is 175 g/mol. The first kappa shape index (κ1) is 9.44. The molecule has 0 radical (unpaired) electrons. The Hall–Kier alpha value is 0.350. The third-order valence-electron chi connectivity index (χ3n) is 2.13. The van der Waals surface area contributed by atoms with E-state index >= 15 is 0 Å². The lowest BCUT2D eigenvalue weighted by molar-refractivity contribution is 0.0366. The zero-order valence-corrected chi connectivity index (χ0v) is 8.57. The van der Waals surface area contributed by atoms with Crippen LogP contribution in [0.1, 0.15) is 19.8 Å². The molecule has 11 heavy (non-hydrogen) atoms. The summed E-state index contributed by atoms with van der Waals surface area (Å²) in [5.74, 6) is 0.366. The molecule has 0 amide bonds. The van der Waals surface area contributed by atoms with Gasteiger partial charge in [0, 0.05) is 13.1 Å². The molecule has 0 N–H and O–H groups in total. The van der Waals surface area contributed by atoms with Crippen molar-refractivity contribution in [2.24, 2.45) is 0 Å². The van der Waals surface area contributed by atoms with Crippen LogP contribution in [-0.4, -0.2) is 37.0 Å². The molecule has 0 aliphatic carbocycles. The van der Waals surface area contributed by atoms with Crippen LogP contribution < -0.4 is 0 Å². The van der Waals surface area contributed by atoms with Crippen LogP contribution in [0.25, 0.3) is 0 Å². The van der Waals surface area contributed by atoms with Gasteiger partial charge in [0.2, 0.25) is 0 Å². The molecule has 0 bridgehead atoms. The highest BCUT2D eigenvalue weighted by Gasteiger charge is 2.18. The molecule has 0 aromatic heterocycles. The molecule has 0 aromatic rings. The van der Waals surface area contributed by atoms with E-state index in [1.165, 1.54) is 0 Å². The lowest BCUT2D eigenvalue weighted by Gasteiger charge is -2.18. The number of likely N-dealkylation sites (N-methyl/N-ethyl adjacent to an activating group) is 1. The van der Waals surface area contributed by atoms with Gasteiger partial charge in [-0.2, -0.15) is 0 Å². The normalized spacial score (nSPS) is 35.2. The lowest BCUT2D eigenvalue weighted by Crippen LogP contribution is -2.27. The Morgan fingerprint density at radius 1 is 1.64 bits per heavy atom. The third kappa shape index (κ3) is 3.06. The van der Waals surface area contributed by atoms with E-state index in [1.54, 1.807) is 0 Å². The van der Waals surface area contributed by atoms with Gasteiger partial charge in [0.15, 0.2) is 0 Å². The molecule has 1 rings (SSSR count). The van der Waals surface area contributed by atoms with Gasteiger partial charge in [0.1, 0.15) is 0 Å². The van der Waals surface area contributed by atoms with Crippen molar-refractivity contribution < 1.29 is 4.74 Å². The van der Waals surface area contributed by atoms with E-state index in [1.807, 2.05) is 0 Å². The lowest BCUT2D eigenvalue weighted by atomic mass is 10.3. The molecule has 0 saturated carbocycles. The van der Waals surface area contributed by atoms with E-state index in [9.17, 15) is 0 Å². The summed E-state index contributed by atoms with van der Waals surface area (Å²) >= 11 is 0. The molecule has 3 heteroatoms. The van der Waals surface area contributed by atoms with Crippen molar-refractivity contribution in [2.75, 3.05) is 20.1 Å². The second-order valence-corrected chi connectivity index (χ2v) is 4.00. The molecule has 1 aliphatic rings. The fraction of sp³-hybridized carbons (Fsp3) is 1.00. The SMILES string of the molecule is CCC1CN(C)CCC(P)O1. The number of rotatable bonds is 1. The van der Waals surface area contributed by atoms with E-state index in [2.05, 4.69) is 28.1 Å². The molecule has 1 aliphatic heterocycles. The molecule has 2 nitrogen and oxygen atoms in total. The predicted molar refractivity (Wildman–Crippen MR) is 50.8 cm³/mol. The number of ether oxygens (including phenoxy) is 1. The van der Waals surface area contributed by atoms with Gasteiger partial charge in [-0.25, -0.2) is 0 Å². The zero-order chi connectivity index (χ0) is 8.27. The minimum Gasteiger partial charge on any atom is -0.370 e. The molecule has 1 fully saturated rings. The van der Waals surface area contributed by atoms with E-state index in [0.29, 0.717) is 11.9 Å². The van der Waals surface area contributed by atoms with E-state index in [0.717, 1.165) is 25.9 Å². The van der Waals surface area contributed by atoms with Crippen molar-refractivity contribution in [1.29, 1.82) is 0 Å². The Morgan fingerprint density at radius 3 is 3.00 bits per heavy atom. The molecule has 0 spiro atoms. The van der Waals surface area contributed by atoms with Gasteiger partial charge in [0.05, 0.1) is 11.9 Å². The highest BCUT2D eigenvalue weighted by molar-refractivity contribution is 7.17. The summed E-state index contributed by atoms with van der Waals surface area (Å²) in [4.78, 5) is 2.35. The van der Waals surface area contributed by atoms with Gasteiger partial charge in [-0.05, 0) is 19.9 Å². The summed E-state index contributed by atoms with van der Waals surface area (Å²) < 4.78 is 5.75. The monoisotopic (exact) mass is 175 g/mol. The molecule has 1 heterocycles. The van der Waals surface area contributed by atoms with Crippen LogP contribution in [0.3, 0.4) is 0 Å². The first-order chi connectivity index (χ1) is 5.22. The summed E-state index contributed by atoms with van der Waals surface area (Å²) in [6, 6.07) is 0. The van der Waals surface area contributed by atoms with Crippen molar-refractivity contribution in [3.8, 4) is 0 Å². The largest absolute Gasteiger partial charge is 0.370 e. The molecular weight excluding hydrogens is 157 g/mol. The number of nitrogens with zero attached hydrogens (tertiary/aromatic N) is 1. The summed E-state index contributed by atoms with van der Waals surface area (Å²) in [5.41, 5.74) is 0. The third-order valence-corrected chi connectivity index (χ3v) is 2.62. The van der Waals surface area contributed by atoms with Gasteiger partial charge in [-0.15, -0.1) is 9.24 Å². The van der Waals surface area contributed by atoms with Crippen LogP contribution in [0.4, 0.5) is 0 Å². The predicted octanol–water partition coefficient (Wildman–Crippen LogP) is 1.32. The van der Waals surface area contributed by atoms with Crippen molar-refractivity contribution in [3.05, 3.63) is 0 Å². The highest BCUT2D eigenvalue weighted by Crippen LogP contribution is 2.17. The smallest absolute Gasteiger partial charge is 0.0725 e. The average Bonchev–Trinajstić information content (AvgIpc) is 2.13. The summed E-state index contributed by atoms with van der Waals surface area (Å²) in [5, 5.41) is 0. The van der Waals surface area contributed by atoms with E-state index in [-0.39, 0.29) is 0 Å². The molecule has 3 unspecified atom stereocenters. The van der Waals surface area contributed by atoms with Crippen LogP contribution in [0.15, 0.2) is 0 Å². The van der Waals surface area contributed by atoms with Crippen LogP contribution in [0.2, 0.25) is 0 Å². The van der Waals surface area contributed by atoms with E-state index < -0.39 is 0 Å². The first-order valence-corrected chi connectivity index (χ1v) is 4.98. The summed E-state index contributed by atoms with van der Waals surface area (Å²) in [6.07, 6.45) is 2.69. The summed E-state index contributed by atoms with van der Waals surface area (Å²) in [6.45, 7) is 4.42. The maximum absolute atomic E-state index is 5.75. The molecule has 3 atom stereocenters. The number of hydrogen-bond acceptors (Lipinski definition) is 2. The van der Waals surface area contributed by atoms with E-state index in [4.69, 9.17) is 4.74 Å². The highest BCUT2D eigenvalue weighted by atomic mass is 31.0. The maximum Gasteiger partial charge on any atom is 0.0725 e. The second kappa shape index (κ2) is 4.39. The Bertz CT molecular complexity index is 109. The molecule has 66 valence electrons. The molecule has 1 saturated heterocycles. The van der Waals surface area contributed by atoms with Gasteiger partial charge >= 0.3 is 0 Å². The fourth-order valence-electron chi connectivity index (χ4n) is 1.37. The standard InChI is InChI=1S/C8H18NOP/c1-3-7-6-9(2)5-4-8(11)10-7/h7-8H,3-6,11H2,1-2H3. The fourth-order valence-corrected chi connectivity index (χ4v) is 1.74. The minimum atomic E-state index is 0.366. The Balaban J connectivity index is 2.41. The number of hydrogen-bond donors (Lipinski definition) is 0. The van der Waals surface area contributed by atoms with Crippen LogP contribution >= 0.6 is 9.24 Å². The van der Waals surface area contributed by atoms with Crippen molar-refractivity contribution in [2.45, 2.75) is 31.7 Å². The molecular formula is C8H18NOP. The van der Waals surface area contributed by atoms with Gasteiger partial charge in [0.25, 0.3) is 0 Å². The maximum atomic E-state index is 5.75. The first-order valence-electron chi connectivity index (χ1n) is 4.32. The van der Waals surface area contributed by atoms with Gasteiger partial charge in [-0.1, -0.05) is 6.92 Å². The topological polar surface area (TPSA) is 12.5 Å². The van der Waals surface area contributed by atoms with Crippen LogP contribution in [-0.2, 0) is 4.74 Å². The molecule has 0 aromatic carbocycles.